The monoisotopic (exact) mass is 368 g/mol. The van der Waals surface area contributed by atoms with Gasteiger partial charge in [0.1, 0.15) is 16.5 Å². The smallest absolute Gasteiger partial charge is 0.271 e. The first-order chi connectivity index (χ1) is 12.8. The second-order valence-electron chi connectivity index (χ2n) is 6.13. The van der Waals surface area contributed by atoms with E-state index in [1.807, 2.05) is 29.9 Å². The zero-order valence-electron chi connectivity index (χ0n) is 14.3. The summed E-state index contributed by atoms with van der Waals surface area (Å²) < 4.78 is 2.06. The van der Waals surface area contributed by atoms with Crippen LogP contribution < -0.4 is 10.6 Å². The lowest BCUT2D eigenvalue weighted by atomic mass is 10.3. The van der Waals surface area contributed by atoms with Crippen LogP contribution in [0.2, 0.25) is 0 Å². The van der Waals surface area contributed by atoms with Crippen LogP contribution >= 0.6 is 11.3 Å². The highest BCUT2D eigenvalue weighted by molar-refractivity contribution is 7.13. The van der Waals surface area contributed by atoms with Crippen molar-refractivity contribution in [3.63, 3.8) is 0 Å². The van der Waals surface area contributed by atoms with E-state index in [1.54, 1.807) is 17.5 Å². The van der Waals surface area contributed by atoms with Gasteiger partial charge in [-0.25, -0.2) is 9.97 Å². The molecule has 0 saturated heterocycles. The summed E-state index contributed by atoms with van der Waals surface area (Å²) in [5.41, 5.74) is 2.49. The van der Waals surface area contributed by atoms with Crippen molar-refractivity contribution in [3.8, 4) is 10.6 Å². The van der Waals surface area contributed by atoms with E-state index in [1.165, 1.54) is 0 Å². The number of hydrogen-bond acceptors (Lipinski definition) is 6. The van der Waals surface area contributed by atoms with E-state index in [2.05, 4.69) is 30.2 Å². The molecule has 0 unspecified atom stereocenters. The molecule has 1 aliphatic rings. The third kappa shape index (κ3) is 3.81. The first-order valence-electron chi connectivity index (χ1n) is 8.69. The molecule has 0 saturated carbocycles. The van der Waals surface area contributed by atoms with Crippen LogP contribution in [0.25, 0.3) is 10.6 Å². The highest BCUT2D eigenvalue weighted by Crippen LogP contribution is 2.22. The zero-order chi connectivity index (χ0) is 17.8. The molecular weight excluding hydrogens is 348 g/mol. The molecule has 1 aliphatic heterocycles. The third-order valence-electron chi connectivity index (χ3n) is 4.27. The Hall–Kier alpha value is -2.58. The molecule has 4 rings (SSSR count). The molecule has 0 aromatic carbocycles. The van der Waals surface area contributed by atoms with Gasteiger partial charge in [-0.2, -0.15) is 0 Å². The second-order valence-corrected chi connectivity index (χ2v) is 6.99. The summed E-state index contributed by atoms with van der Waals surface area (Å²) in [5.74, 6) is 0.849. The van der Waals surface area contributed by atoms with Gasteiger partial charge in [0.05, 0.1) is 5.69 Å². The summed E-state index contributed by atoms with van der Waals surface area (Å²) in [4.78, 5) is 25.5. The van der Waals surface area contributed by atoms with Gasteiger partial charge in [-0.1, -0.05) is 0 Å². The Morgan fingerprint density at radius 3 is 3.19 bits per heavy atom. The van der Waals surface area contributed by atoms with Gasteiger partial charge in [0, 0.05) is 68.6 Å². The Bertz CT molecular complexity index is 865. The van der Waals surface area contributed by atoms with Gasteiger partial charge in [-0.15, -0.1) is 11.3 Å². The summed E-state index contributed by atoms with van der Waals surface area (Å²) in [6.07, 6.45) is 6.95. The predicted molar refractivity (Wildman–Crippen MR) is 100 cm³/mol. The zero-order valence-corrected chi connectivity index (χ0v) is 15.1. The Labute approximate surface area is 155 Å². The molecule has 0 aliphatic carbocycles. The van der Waals surface area contributed by atoms with Crippen LogP contribution in [-0.2, 0) is 19.4 Å². The van der Waals surface area contributed by atoms with E-state index in [0.29, 0.717) is 18.7 Å². The second kappa shape index (κ2) is 7.76. The molecule has 3 aromatic heterocycles. The fraction of sp³-hybridized carbons (Fsp3) is 0.333. The van der Waals surface area contributed by atoms with Crippen LogP contribution in [0.1, 0.15) is 22.0 Å². The predicted octanol–water partition coefficient (Wildman–Crippen LogP) is 1.52. The topological polar surface area (TPSA) is 84.7 Å². The number of rotatable bonds is 5. The van der Waals surface area contributed by atoms with E-state index in [0.717, 1.165) is 48.1 Å². The summed E-state index contributed by atoms with van der Waals surface area (Å²) >= 11 is 1.59. The Kier molecular flexibility index (Phi) is 5.03. The molecule has 0 spiro atoms. The first-order valence-corrected chi connectivity index (χ1v) is 9.57. The number of amides is 1. The standard InChI is InChI=1S/C18H20N6OS/c25-17(15-11-24-9-8-19-6-4-16(24)23-15)21-7-3-14-12-26-18(22-14)13-2-1-5-20-10-13/h1-2,5,10-12,19H,3-4,6-9H2,(H,21,25). The first kappa shape index (κ1) is 16.9. The number of fused-ring (bicyclic) bond motifs is 1. The number of nitrogens with zero attached hydrogens (tertiary/aromatic N) is 4. The Morgan fingerprint density at radius 2 is 2.31 bits per heavy atom. The van der Waals surface area contributed by atoms with E-state index in [-0.39, 0.29) is 5.91 Å². The lowest BCUT2D eigenvalue weighted by Gasteiger charge is -2.02. The van der Waals surface area contributed by atoms with Gasteiger partial charge < -0.3 is 15.2 Å². The van der Waals surface area contributed by atoms with Gasteiger partial charge in [0.25, 0.3) is 5.91 Å². The van der Waals surface area contributed by atoms with Gasteiger partial charge in [-0.05, 0) is 12.1 Å². The van der Waals surface area contributed by atoms with Crippen LogP contribution in [0.15, 0.2) is 36.1 Å². The van der Waals surface area contributed by atoms with Crippen molar-refractivity contribution in [1.29, 1.82) is 0 Å². The molecule has 0 bridgehead atoms. The summed E-state index contributed by atoms with van der Waals surface area (Å²) in [5, 5.41) is 9.25. The average Bonchev–Trinajstić information content (AvgIpc) is 3.25. The molecular formula is C18H20N6OS. The van der Waals surface area contributed by atoms with Crippen LogP contribution in [0.3, 0.4) is 0 Å². The van der Waals surface area contributed by atoms with Crippen molar-refractivity contribution >= 4 is 17.2 Å². The molecule has 0 radical (unpaired) electrons. The number of hydrogen-bond donors (Lipinski definition) is 2. The lowest BCUT2D eigenvalue weighted by Crippen LogP contribution is -2.26. The van der Waals surface area contributed by atoms with Crippen LogP contribution in [-0.4, -0.2) is 45.1 Å². The maximum atomic E-state index is 12.3. The molecule has 8 heteroatoms. The molecule has 3 aromatic rings. The Morgan fingerprint density at radius 1 is 1.35 bits per heavy atom. The Balaban J connectivity index is 1.32. The maximum absolute atomic E-state index is 12.3. The van der Waals surface area contributed by atoms with E-state index in [9.17, 15) is 4.79 Å². The van der Waals surface area contributed by atoms with Crippen LogP contribution in [0, 0.1) is 0 Å². The van der Waals surface area contributed by atoms with Crippen molar-refractivity contribution in [2.75, 3.05) is 19.6 Å². The summed E-state index contributed by atoms with van der Waals surface area (Å²) in [7, 11) is 0. The largest absolute Gasteiger partial charge is 0.350 e. The van der Waals surface area contributed by atoms with Crippen LogP contribution in [0.4, 0.5) is 0 Å². The lowest BCUT2D eigenvalue weighted by molar-refractivity contribution is 0.0949. The fourth-order valence-electron chi connectivity index (χ4n) is 2.92. The highest BCUT2D eigenvalue weighted by Gasteiger charge is 2.15. The van der Waals surface area contributed by atoms with Crippen molar-refractivity contribution < 1.29 is 4.79 Å². The highest BCUT2D eigenvalue weighted by atomic mass is 32.1. The molecule has 7 nitrogen and oxygen atoms in total. The quantitative estimate of drug-likeness (QED) is 0.713. The molecule has 0 fully saturated rings. The van der Waals surface area contributed by atoms with Gasteiger partial charge in [0.15, 0.2) is 0 Å². The third-order valence-corrected chi connectivity index (χ3v) is 5.21. The number of pyridine rings is 1. The molecule has 1 amide bonds. The minimum Gasteiger partial charge on any atom is -0.350 e. The van der Waals surface area contributed by atoms with Crippen molar-refractivity contribution in [2.45, 2.75) is 19.4 Å². The molecule has 2 N–H and O–H groups in total. The summed E-state index contributed by atoms with van der Waals surface area (Å²) in [6.45, 7) is 3.21. The minimum atomic E-state index is -0.124. The molecule has 134 valence electrons. The van der Waals surface area contributed by atoms with Crippen LogP contribution in [0.5, 0.6) is 0 Å². The number of aromatic nitrogens is 4. The SMILES string of the molecule is O=C(NCCc1csc(-c2cccnc2)n1)c1cn2c(n1)CCNCC2. The van der Waals surface area contributed by atoms with Crippen molar-refractivity contribution in [3.05, 3.63) is 53.3 Å². The normalized spacial score (nSPS) is 13.8. The molecule has 0 atom stereocenters. The minimum absolute atomic E-state index is 0.124. The number of carbonyl (C=O) groups is 1. The van der Waals surface area contributed by atoms with Gasteiger partial charge >= 0.3 is 0 Å². The summed E-state index contributed by atoms with van der Waals surface area (Å²) in [6, 6.07) is 3.90. The van der Waals surface area contributed by atoms with Gasteiger partial charge in [-0.3, -0.25) is 9.78 Å². The van der Waals surface area contributed by atoms with E-state index in [4.69, 9.17) is 0 Å². The number of nitrogens with one attached hydrogen (secondary N) is 2. The van der Waals surface area contributed by atoms with E-state index >= 15 is 0 Å². The molecule has 4 heterocycles. The van der Waals surface area contributed by atoms with E-state index < -0.39 is 0 Å². The number of imidazole rings is 1. The maximum Gasteiger partial charge on any atom is 0.271 e. The number of thiazole rings is 1. The molecule has 26 heavy (non-hydrogen) atoms. The van der Waals surface area contributed by atoms with Crippen molar-refractivity contribution in [1.82, 2.24) is 30.2 Å². The van der Waals surface area contributed by atoms with Crippen molar-refractivity contribution in [2.24, 2.45) is 0 Å². The number of carbonyl (C=O) groups excluding carboxylic acids is 1. The van der Waals surface area contributed by atoms with Gasteiger partial charge in [0.2, 0.25) is 0 Å². The average molecular weight is 368 g/mol. The fourth-order valence-corrected chi connectivity index (χ4v) is 3.76.